The Morgan fingerprint density at radius 2 is 0.585 bits per heavy atom. The van der Waals surface area contributed by atoms with Gasteiger partial charge in [0.25, 0.3) is 0 Å². The number of esters is 4. The van der Waals surface area contributed by atoms with E-state index in [0.29, 0.717) is 25.7 Å². The molecule has 0 aromatic heterocycles. The molecule has 0 spiro atoms. The molecule has 0 fully saturated rings. The number of rotatable bonds is 63. The van der Waals surface area contributed by atoms with Crippen molar-refractivity contribution in [2.45, 2.75) is 335 Å². The number of carbonyl (C=O) groups excluding carboxylic acids is 4. The number of aliphatic hydroxyl groups is 1. The van der Waals surface area contributed by atoms with Gasteiger partial charge in [-0.25, -0.2) is 9.13 Å². The van der Waals surface area contributed by atoms with E-state index < -0.39 is 97.5 Å². The minimum Gasteiger partial charge on any atom is -0.462 e. The van der Waals surface area contributed by atoms with Crippen LogP contribution in [-0.2, 0) is 65.4 Å². The lowest BCUT2D eigenvalue weighted by atomic mass is 9.99. The molecule has 0 saturated heterocycles. The largest absolute Gasteiger partial charge is 0.472 e. The van der Waals surface area contributed by atoms with Crippen molar-refractivity contribution in [1.29, 1.82) is 0 Å². The molecular weight excluding hydrogens is 1090 g/mol. The van der Waals surface area contributed by atoms with Crippen molar-refractivity contribution >= 4 is 39.5 Å². The van der Waals surface area contributed by atoms with Gasteiger partial charge in [0.2, 0.25) is 0 Å². The van der Waals surface area contributed by atoms with Gasteiger partial charge in [0.1, 0.15) is 19.3 Å². The minimum absolute atomic E-state index is 0.106. The Balaban J connectivity index is 5.18. The average Bonchev–Trinajstić information content (AvgIpc) is 3.45. The summed E-state index contributed by atoms with van der Waals surface area (Å²) < 4.78 is 67.8. The Morgan fingerprint density at radius 1 is 0.341 bits per heavy atom. The summed E-state index contributed by atoms with van der Waals surface area (Å²) in [7, 11) is -9.88. The Bertz CT molecular complexity index is 1600. The second kappa shape index (κ2) is 56.8. The Labute approximate surface area is 498 Å². The molecule has 0 heterocycles. The van der Waals surface area contributed by atoms with Gasteiger partial charge in [-0.3, -0.25) is 37.3 Å². The number of phosphoric ester groups is 2. The van der Waals surface area contributed by atoms with E-state index in [0.717, 1.165) is 102 Å². The standard InChI is InChI=1S/C63H122O17P2/c1-6-10-13-16-18-20-22-24-28-32-37-42-47-61(66)74-53-59(80-63(68)49-44-39-34-30-26-25-27-31-36-40-45-56(5)9-4)55-78-82(71,72)76-51-57(64)50-75-81(69,70)77-54-58(52-73-60(65)46-41-35-15-12-8-3)79-62(67)48-43-38-33-29-23-21-19-17-14-11-7-2/h56-59,64H,6-55H2,1-5H3,(H,69,70)(H,71,72)/t56?,57-,58+,59+/m0/s1. The number of hydrogen-bond donors (Lipinski definition) is 3. The first-order valence-electron chi connectivity index (χ1n) is 33.2. The smallest absolute Gasteiger partial charge is 0.462 e. The van der Waals surface area contributed by atoms with Crippen molar-refractivity contribution in [3.05, 3.63) is 0 Å². The van der Waals surface area contributed by atoms with E-state index in [4.69, 9.17) is 37.0 Å². The van der Waals surface area contributed by atoms with Crippen LogP contribution in [0.2, 0.25) is 0 Å². The zero-order valence-corrected chi connectivity index (χ0v) is 54.4. The molecule has 0 aromatic rings. The van der Waals surface area contributed by atoms with Crippen molar-refractivity contribution < 1.29 is 80.2 Å². The van der Waals surface area contributed by atoms with Gasteiger partial charge in [0.05, 0.1) is 26.4 Å². The van der Waals surface area contributed by atoms with Crippen LogP contribution in [0.5, 0.6) is 0 Å². The minimum atomic E-state index is -4.94. The van der Waals surface area contributed by atoms with Crippen LogP contribution in [-0.4, -0.2) is 96.7 Å². The summed E-state index contributed by atoms with van der Waals surface area (Å²) in [6.07, 6.45) is 40.5. The third-order valence-corrected chi connectivity index (χ3v) is 16.8. The number of unbranched alkanes of at least 4 members (excludes halogenated alkanes) is 34. The summed E-state index contributed by atoms with van der Waals surface area (Å²) >= 11 is 0. The normalized spacial score (nSPS) is 14.6. The molecule has 3 unspecified atom stereocenters. The Kier molecular flexibility index (Phi) is 55.5. The van der Waals surface area contributed by atoms with E-state index in [2.05, 4.69) is 34.6 Å². The molecule has 0 aliphatic rings. The van der Waals surface area contributed by atoms with Gasteiger partial charge >= 0.3 is 39.5 Å². The van der Waals surface area contributed by atoms with E-state index >= 15 is 0 Å². The van der Waals surface area contributed by atoms with Crippen molar-refractivity contribution in [3.8, 4) is 0 Å². The van der Waals surface area contributed by atoms with E-state index in [-0.39, 0.29) is 25.7 Å². The van der Waals surface area contributed by atoms with Crippen LogP contribution in [0.3, 0.4) is 0 Å². The predicted molar refractivity (Wildman–Crippen MR) is 326 cm³/mol. The molecule has 6 atom stereocenters. The van der Waals surface area contributed by atoms with Crippen LogP contribution in [0.15, 0.2) is 0 Å². The molecule has 0 bridgehead atoms. The lowest BCUT2D eigenvalue weighted by Crippen LogP contribution is -2.30. The van der Waals surface area contributed by atoms with Crippen LogP contribution in [0.1, 0.15) is 317 Å². The maximum Gasteiger partial charge on any atom is 0.472 e. The molecule has 0 rings (SSSR count). The third kappa shape index (κ3) is 55.9. The van der Waals surface area contributed by atoms with Crippen molar-refractivity contribution in [3.63, 3.8) is 0 Å². The van der Waals surface area contributed by atoms with Gasteiger partial charge in [-0.15, -0.1) is 0 Å². The van der Waals surface area contributed by atoms with Crippen LogP contribution in [0.4, 0.5) is 0 Å². The maximum absolute atomic E-state index is 13.0. The second-order valence-electron chi connectivity index (χ2n) is 23.0. The Morgan fingerprint density at radius 3 is 0.866 bits per heavy atom. The van der Waals surface area contributed by atoms with Crippen molar-refractivity contribution in [2.24, 2.45) is 5.92 Å². The summed E-state index contributed by atoms with van der Waals surface area (Å²) in [6.45, 7) is 7.13. The summed E-state index contributed by atoms with van der Waals surface area (Å²) in [5.41, 5.74) is 0. The highest BCUT2D eigenvalue weighted by molar-refractivity contribution is 7.47. The van der Waals surface area contributed by atoms with Gasteiger partial charge in [0, 0.05) is 25.7 Å². The summed E-state index contributed by atoms with van der Waals surface area (Å²) in [5.74, 6) is -1.34. The first-order valence-corrected chi connectivity index (χ1v) is 36.2. The first-order chi connectivity index (χ1) is 39.6. The molecule has 17 nitrogen and oxygen atoms in total. The molecule has 0 radical (unpaired) electrons. The monoisotopic (exact) mass is 1210 g/mol. The lowest BCUT2D eigenvalue weighted by Gasteiger charge is -2.21. The number of phosphoric acid groups is 2. The first kappa shape index (κ1) is 80.1. The molecule has 486 valence electrons. The fourth-order valence-electron chi connectivity index (χ4n) is 9.37. The molecule has 0 aliphatic carbocycles. The zero-order valence-electron chi connectivity index (χ0n) is 52.6. The van der Waals surface area contributed by atoms with E-state index in [1.807, 2.05) is 0 Å². The fraction of sp³-hybridized carbons (Fsp3) is 0.937. The molecule has 82 heavy (non-hydrogen) atoms. The summed E-state index contributed by atoms with van der Waals surface area (Å²) in [4.78, 5) is 71.9. The number of ether oxygens (including phenoxy) is 4. The number of carbonyl (C=O) groups is 4. The fourth-order valence-corrected chi connectivity index (χ4v) is 11.0. The summed E-state index contributed by atoms with van der Waals surface area (Å²) in [6, 6.07) is 0. The highest BCUT2D eigenvalue weighted by Gasteiger charge is 2.30. The van der Waals surface area contributed by atoms with Gasteiger partial charge in [-0.05, 0) is 31.6 Å². The van der Waals surface area contributed by atoms with Crippen molar-refractivity contribution in [2.75, 3.05) is 39.6 Å². The maximum atomic E-state index is 13.0. The SMILES string of the molecule is CCCCCCCCCCCCCCC(=O)OC[C@H](COP(=O)(O)OC[C@@H](O)COP(=O)(O)OC[C@@H](COC(=O)CCCCCCC)OC(=O)CCCCCCCCCCCCC)OC(=O)CCCCCCCCCCCCC(C)CC. The average molecular weight is 1210 g/mol. The van der Waals surface area contributed by atoms with E-state index in [1.165, 1.54) is 135 Å². The quantitative estimate of drug-likeness (QED) is 0.0222. The molecule has 0 saturated carbocycles. The van der Waals surface area contributed by atoms with E-state index in [1.54, 1.807) is 0 Å². The molecule has 19 heteroatoms. The molecule has 0 aliphatic heterocycles. The van der Waals surface area contributed by atoms with Crippen LogP contribution >= 0.6 is 15.6 Å². The van der Waals surface area contributed by atoms with Crippen LogP contribution < -0.4 is 0 Å². The number of hydrogen-bond acceptors (Lipinski definition) is 15. The molecule has 0 aromatic carbocycles. The van der Waals surface area contributed by atoms with E-state index in [9.17, 15) is 43.2 Å². The molecular formula is C63H122O17P2. The lowest BCUT2D eigenvalue weighted by molar-refractivity contribution is -0.161. The molecule has 0 amide bonds. The third-order valence-electron chi connectivity index (χ3n) is 14.9. The Hall–Kier alpha value is -1.94. The predicted octanol–water partition coefficient (Wildman–Crippen LogP) is 17.4. The van der Waals surface area contributed by atoms with Gasteiger partial charge in [0.15, 0.2) is 12.2 Å². The highest BCUT2D eigenvalue weighted by Crippen LogP contribution is 2.45. The topological polar surface area (TPSA) is 237 Å². The zero-order chi connectivity index (χ0) is 60.6. The highest BCUT2D eigenvalue weighted by atomic mass is 31.2. The number of aliphatic hydroxyl groups excluding tert-OH is 1. The molecule has 3 N–H and O–H groups in total. The van der Waals surface area contributed by atoms with Crippen LogP contribution in [0, 0.1) is 5.92 Å². The summed E-state index contributed by atoms with van der Waals surface area (Å²) in [5, 5.41) is 10.5. The van der Waals surface area contributed by atoms with Gasteiger partial charge in [-0.2, -0.15) is 0 Å². The second-order valence-corrected chi connectivity index (χ2v) is 25.9. The van der Waals surface area contributed by atoms with Crippen molar-refractivity contribution in [1.82, 2.24) is 0 Å². The van der Waals surface area contributed by atoms with Crippen LogP contribution in [0.25, 0.3) is 0 Å². The van der Waals surface area contributed by atoms with Gasteiger partial charge in [-0.1, -0.05) is 266 Å². The van der Waals surface area contributed by atoms with Gasteiger partial charge < -0.3 is 33.8 Å².